The summed E-state index contributed by atoms with van der Waals surface area (Å²) in [5, 5.41) is 2.85. The second-order valence-corrected chi connectivity index (χ2v) is 12.0. The van der Waals surface area contributed by atoms with E-state index >= 15 is 0 Å². The summed E-state index contributed by atoms with van der Waals surface area (Å²) in [5.41, 5.74) is 1.89. The molecule has 3 aromatic carbocycles. The number of rotatable bonds is 8. The highest BCUT2D eigenvalue weighted by Gasteiger charge is 2.38. The van der Waals surface area contributed by atoms with E-state index in [9.17, 15) is 13.2 Å². The van der Waals surface area contributed by atoms with E-state index < -0.39 is 22.0 Å². The molecule has 0 saturated heterocycles. The Hall–Kier alpha value is -3.92. The van der Waals surface area contributed by atoms with E-state index in [1.807, 2.05) is 39.0 Å². The largest absolute Gasteiger partial charge is 0.497 e. The summed E-state index contributed by atoms with van der Waals surface area (Å²) in [6, 6.07) is 16.9. The van der Waals surface area contributed by atoms with Gasteiger partial charge in [0.05, 0.1) is 38.5 Å². The molecule has 39 heavy (non-hydrogen) atoms. The summed E-state index contributed by atoms with van der Waals surface area (Å²) < 4.78 is 50.8. The van der Waals surface area contributed by atoms with Crippen LogP contribution in [0.25, 0.3) is 0 Å². The lowest BCUT2D eigenvalue weighted by Gasteiger charge is -2.36. The smallest absolute Gasteiger partial charge is 0.264 e. The van der Waals surface area contributed by atoms with Crippen molar-refractivity contribution in [3.8, 4) is 23.0 Å². The number of hydrogen-bond acceptors (Lipinski definition) is 7. The van der Waals surface area contributed by atoms with Crippen LogP contribution >= 0.6 is 0 Å². The third kappa shape index (κ3) is 5.90. The lowest BCUT2D eigenvalue weighted by Crippen LogP contribution is -2.50. The Morgan fingerprint density at radius 3 is 2.26 bits per heavy atom. The maximum Gasteiger partial charge on any atom is 0.264 e. The van der Waals surface area contributed by atoms with Crippen molar-refractivity contribution in [1.29, 1.82) is 0 Å². The number of benzene rings is 3. The van der Waals surface area contributed by atoms with E-state index in [0.717, 1.165) is 11.1 Å². The number of methoxy groups -OCH3 is 3. The van der Waals surface area contributed by atoms with Crippen LogP contribution in [0.5, 0.6) is 23.0 Å². The zero-order valence-corrected chi connectivity index (χ0v) is 23.8. The molecule has 3 aromatic rings. The van der Waals surface area contributed by atoms with Crippen molar-refractivity contribution in [1.82, 2.24) is 5.32 Å². The molecule has 0 spiro atoms. The van der Waals surface area contributed by atoms with E-state index in [4.69, 9.17) is 18.9 Å². The van der Waals surface area contributed by atoms with E-state index in [2.05, 4.69) is 5.32 Å². The molecule has 1 aliphatic rings. The molecule has 4 rings (SSSR count). The Morgan fingerprint density at radius 2 is 1.64 bits per heavy atom. The molecule has 0 aliphatic carbocycles. The average Bonchev–Trinajstić information content (AvgIpc) is 2.94. The standard InChI is InChI=1S/C29H34N2O7S/c1-29(2,3)20-8-14-24-23(16-20)31(39(33,34)22-11-9-21(35-4)10-12-22)18-27(38-24)28(32)30-17-19-7-13-25(36-5)26(15-19)37-6/h7-16,27H,17-18H2,1-6H3,(H,30,32)/t27-/m1/s1. The van der Waals surface area contributed by atoms with E-state index in [1.54, 1.807) is 37.4 Å². The number of carbonyl (C=O) groups excluding carboxylic acids is 1. The first-order valence-electron chi connectivity index (χ1n) is 12.4. The summed E-state index contributed by atoms with van der Waals surface area (Å²) in [5.74, 6) is 1.54. The van der Waals surface area contributed by atoms with Gasteiger partial charge >= 0.3 is 0 Å². The molecule has 0 radical (unpaired) electrons. The minimum absolute atomic E-state index is 0.0850. The number of nitrogens with one attached hydrogen (secondary N) is 1. The summed E-state index contributed by atoms with van der Waals surface area (Å²) >= 11 is 0. The number of fused-ring (bicyclic) bond motifs is 1. The maximum atomic E-state index is 13.9. The fraction of sp³-hybridized carbons (Fsp3) is 0.345. The van der Waals surface area contributed by atoms with Crippen LogP contribution in [0.4, 0.5) is 5.69 Å². The van der Waals surface area contributed by atoms with Crippen LogP contribution in [0.1, 0.15) is 31.9 Å². The number of amides is 1. The van der Waals surface area contributed by atoms with Crippen LogP contribution < -0.4 is 28.6 Å². The van der Waals surface area contributed by atoms with Crippen molar-refractivity contribution in [2.45, 2.75) is 43.7 Å². The molecule has 10 heteroatoms. The van der Waals surface area contributed by atoms with Gasteiger partial charge in [0.15, 0.2) is 17.6 Å². The first kappa shape index (κ1) is 28.1. The van der Waals surface area contributed by atoms with Gasteiger partial charge in [-0.05, 0) is 65.1 Å². The van der Waals surface area contributed by atoms with Gasteiger partial charge in [-0.25, -0.2) is 8.42 Å². The Kier molecular flexibility index (Phi) is 7.96. The lowest BCUT2D eigenvalue weighted by atomic mass is 9.86. The molecule has 1 aliphatic heterocycles. The van der Waals surface area contributed by atoms with Gasteiger partial charge in [0.2, 0.25) is 0 Å². The number of carbonyl (C=O) groups is 1. The fourth-order valence-electron chi connectivity index (χ4n) is 4.25. The zero-order valence-electron chi connectivity index (χ0n) is 23.0. The van der Waals surface area contributed by atoms with Crippen LogP contribution in [0.3, 0.4) is 0 Å². The Balaban J connectivity index is 1.64. The highest BCUT2D eigenvalue weighted by molar-refractivity contribution is 7.92. The van der Waals surface area contributed by atoms with E-state index in [-0.39, 0.29) is 23.4 Å². The Morgan fingerprint density at radius 1 is 0.949 bits per heavy atom. The van der Waals surface area contributed by atoms with Gasteiger partial charge in [-0.3, -0.25) is 9.10 Å². The molecule has 208 valence electrons. The van der Waals surface area contributed by atoms with Crippen LogP contribution in [-0.4, -0.2) is 48.3 Å². The van der Waals surface area contributed by atoms with Gasteiger partial charge in [-0.2, -0.15) is 0 Å². The van der Waals surface area contributed by atoms with Crippen molar-refractivity contribution < 1.29 is 32.2 Å². The summed E-state index contributed by atoms with van der Waals surface area (Å²) in [6.07, 6.45) is -1.06. The van der Waals surface area contributed by atoms with Crippen molar-refractivity contribution in [3.63, 3.8) is 0 Å². The number of nitrogens with zero attached hydrogens (tertiary/aromatic N) is 1. The molecule has 1 amide bonds. The highest BCUT2D eigenvalue weighted by atomic mass is 32.2. The lowest BCUT2D eigenvalue weighted by molar-refractivity contribution is -0.127. The van der Waals surface area contributed by atoms with Crippen molar-refractivity contribution in [2.24, 2.45) is 0 Å². The molecule has 1 N–H and O–H groups in total. The van der Waals surface area contributed by atoms with Gasteiger partial charge in [-0.15, -0.1) is 0 Å². The monoisotopic (exact) mass is 554 g/mol. The first-order chi connectivity index (χ1) is 18.5. The van der Waals surface area contributed by atoms with E-state index in [1.165, 1.54) is 30.7 Å². The second kappa shape index (κ2) is 11.1. The number of ether oxygens (including phenoxy) is 4. The number of anilines is 1. The molecule has 0 saturated carbocycles. The molecule has 0 fully saturated rings. The summed E-state index contributed by atoms with van der Waals surface area (Å²) in [6.45, 7) is 6.15. The van der Waals surface area contributed by atoms with Crippen LogP contribution in [0.15, 0.2) is 65.6 Å². The van der Waals surface area contributed by atoms with Crippen LogP contribution in [-0.2, 0) is 26.8 Å². The quantitative estimate of drug-likeness (QED) is 0.443. The van der Waals surface area contributed by atoms with Crippen LogP contribution in [0.2, 0.25) is 0 Å². The van der Waals surface area contributed by atoms with Gasteiger partial charge in [0.25, 0.3) is 15.9 Å². The minimum Gasteiger partial charge on any atom is -0.497 e. The SMILES string of the molecule is COc1ccc(S(=O)(=O)N2C[C@H](C(=O)NCc3ccc(OC)c(OC)c3)Oc3ccc(C(C)(C)C)cc32)cc1. The zero-order chi connectivity index (χ0) is 28.4. The molecular formula is C29H34N2O7S. The highest BCUT2D eigenvalue weighted by Crippen LogP contribution is 2.40. The predicted octanol–water partition coefficient (Wildman–Crippen LogP) is 4.28. The van der Waals surface area contributed by atoms with E-state index in [0.29, 0.717) is 28.7 Å². The Bertz CT molecular complexity index is 1450. The number of sulfonamides is 1. The average molecular weight is 555 g/mol. The topological polar surface area (TPSA) is 103 Å². The third-order valence-corrected chi connectivity index (χ3v) is 8.34. The molecule has 9 nitrogen and oxygen atoms in total. The Labute approximate surface area is 229 Å². The normalized spacial score (nSPS) is 15.1. The molecular weight excluding hydrogens is 520 g/mol. The molecule has 1 atom stereocenters. The van der Waals surface area contributed by atoms with Gasteiger partial charge in [0.1, 0.15) is 11.5 Å². The summed E-state index contributed by atoms with van der Waals surface area (Å²) in [7, 11) is 0.577. The van der Waals surface area contributed by atoms with Crippen molar-refractivity contribution in [3.05, 3.63) is 71.8 Å². The first-order valence-corrected chi connectivity index (χ1v) is 13.9. The molecule has 1 heterocycles. The minimum atomic E-state index is -4.03. The molecule has 0 unspecified atom stereocenters. The van der Waals surface area contributed by atoms with Crippen molar-refractivity contribution >= 4 is 21.6 Å². The molecule has 0 bridgehead atoms. The van der Waals surface area contributed by atoms with Gasteiger partial charge < -0.3 is 24.3 Å². The summed E-state index contributed by atoms with van der Waals surface area (Å²) in [4.78, 5) is 13.3. The fourth-order valence-corrected chi connectivity index (χ4v) is 5.72. The van der Waals surface area contributed by atoms with Crippen LogP contribution in [0, 0.1) is 0 Å². The third-order valence-electron chi connectivity index (χ3n) is 6.55. The van der Waals surface area contributed by atoms with Crippen molar-refractivity contribution in [2.75, 3.05) is 32.2 Å². The maximum absolute atomic E-state index is 13.9. The second-order valence-electron chi connectivity index (χ2n) is 10.2. The predicted molar refractivity (Wildman–Crippen MR) is 148 cm³/mol. The van der Waals surface area contributed by atoms with Gasteiger partial charge in [0, 0.05) is 6.54 Å². The molecule has 0 aromatic heterocycles. The number of hydrogen-bond donors (Lipinski definition) is 1. The van der Waals surface area contributed by atoms with Gasteiger partial charge in [-0.1, -0.05) is 32.9 Å².